The van der Waals surface area contributed by atoms with E-state index in [1.54, 1.807) is 19.2 Å². The molecule has 2 aliphatic rings. The maximum absolute atomic E-state index is 13.2. The van der Waals surface area contributed by atoms with Crippen molar-refractivity contribution in [1.82, 2.24) is 4.90 Å². The molecule has 2 aromatic rings. The molecule has 2 aliphatic heterocycles. The van der Waals surface area contributed by atoms with E-state index < -0.39 is 0 Å². The van der Waals surface area contributed by atoms with Gasteiger partial charge in [0.2, 0.25) is 12.5 Å². The van der Waals surface area contributed by atoms with Gasteiger partial charge in [0.1, 0.15) is 12.0 Å². The molecule has 0 fully saturated rings. The number of anilines is 1. The van der Waals surface area contributed by atoms with Crippen LogP contribution in [0, 0.1) is 5.82 Å². The number of hydrogen-bond acceptors (Lipinski definition) is 5. The number of likely N-dealkylation sites (N-methyl/N-ethyl adjacent to an activating group) is 1. The van der Waals surface area contributed by atoms with E-state index in [0.29, 0.717) is 11.5 Å². The molecular weight excluding hydrogens is 311 g/mol. The number of nitrogens with zero attached hydrogens (tertiary/aromatic N) is 1. The van der Waals surface area contributed by atoms with Crippen molar-refractivity contribution in [3.63, 3.8) is 0 Å². The average molecular weight is 330 g/mol. The van der Waals surface area contributed by atoms with E-state index in [9.17, 15) is 4.39 Å². The summed E-state index contributed by atoms with van der Waals surface area (Å²) in [6, 6.07) is 8.40. The fourth-order valence-corrected chi connectivity index (χ4v) is 3.32. The fourth-order valence-electron chi connectivity index (χ4n) is 3.32. The Morgan fingerprint density at radius 1 is 1.25 bits per heavy atom. The third-order valence-corrected chi connectivity index (χ3v) is 4.54. The summed E-state index contributed by atoms with van der Waals surface area (Å²) in [5.41, 5.74) is 3.06. The maximum Gasteiger partial charge on any atom is 0.231 e. The molecule has 24 heavy (non-hydrogen) atoms. The van der Waals surface area contributed by atoms with Gasteiger partial charge in [-0.15, -0.1) is 0 Å². The molecule has 0 saturated carbocycles. The molecule has 0 bridgehead atoms. The molecule has 2 aromatic carbocycles. The van der Waals surface area contributed by atoms with E-state index in [2.05, 4.69) is 10.2 Å². The van der Waals surface area contributed by atoms with Crippen LogP contribution < -0.4 is 19.5 Å². The number of halogens is 1. The number of nitrogens with one attached hydrogen (secondary N) is 1. The van der Waals surface area contributed by atoms with E-state index in [4.69, 9.17) is 14.2 Å². The van der Waals surface area contributed by atoms with Gasteiger partial charge in [-0.3, -0.25) is 4.90 Å². The standard InChI is InChI=1S/C18H19FN2O3/c1-21-8-7-11-9-14-16(24-10-23-14)17(22-2)15(11)18(21)20-13-5-3-12(19)4-6-13/h3-6,9,18,20H,7-8,10H2,1-2H3. The SMILES string of the molecule is COc1c2c(cc3c1C(Nc1ccc(F)cc1)N(C)CC3)OCO2. The Morgan fingerprint density at radius 2 is 2.04 bits per heavy atom. The number of rotatable bonds is 3. The van der Waals surface area contributed by atoms with Crippen molar-refractivity contribution < 1.29 is 18.6 Å². The van der Waals surface area contributed by atoms with Gasteiger partial charge in [0.15, 0.2) is 11.5 Å². The third kappa shape index (κ3) is 2.43. The van der Waals surface area contributed by atoms with Crippen molar-refractivity contribution in [3.05, 3.63) is 47.3 Å². The van der Waals surface area contributed by atoms with Crippen LogP contribution in [0.4, 0.5) is 10.1 Å². The lowest BCUT2D eigenvalue weighted by Gasteiger charge is -2.36. The largest absolute Gasteiger partial charge is 0.492 e. The van der Waals surface area contributed by atoms with Gasteiger partial charge in [-0.1, -0.05) is 0 Å². The smallest absolute Gasteiger partial charge is 0.231 e. The molecule has 0 aliphatic carbocycles. The lowest BCUT2D eigenvalue weighted by atomic mass is 9.94. The first-order valence-electron chi connectivity index (χ1n) is 7.89. The zero-order valence-corrected chi connectivity index (χ0v) is 13.6. The van der Waals surface area contributed by atoms with Gasteiger partial charge >= 0.3 is 0 Å². The molecule has 126 valence electrons. The van der Waals surface area contributed by atoms with Crippen LogP contribution in [0.25, 0.3) is 0 Å². The molecule has 1 unspecified atom stereocenters. The lowest BCUT2D eigenvalue weighted by Crippen LogP contribution is -2.37. The molecule has 5 nitrogen and oxygen atoms in total. The van der Waals surface area contributed by atoms with Crippen molar-refractivity contribution in [3.8, 4) is 17.2 Å². The topological polar surface area (TPSA) is 43.0 Å². The predicted molar refractivity (Wildman–Crippen MR) is 88.2 cm³/mol. The number of benzene rings is 2. The first-order chi connectivity index (χ1) is 11.7. The summed E-state index contributed by atoms with van der Waals surface area (Å²) in [4.78, 5) is 2.20. The molecule has 0 amide bonds. The molecule has 1 N–H and O–H groups in total. The summed E-state index contributed by atoms with van der Waals surface area (Å²) < 4.78 is 29.9. The van der Waals surface area contributed by atoms with E-state index in [0.717, 1.165) is 30.0 Å². The normalized spacial score (nSPS) is 19.0. The highest BCUT2D eigenvalue weighted by molar-refractivity contribution is 5.63. The van der Waals surface area contributed by atoms with E-state index in [1.165, 1.54) is 17.7 Å². The number of hydrogen-bond donors (Lipinski definition) is 1. The minimum atomic E-state index is -0.251. The Balaban J connectivity index is 1.78. The van der Waals surface area contributed by atoms with Crippen molar-refractivity contribution in [2.45, 2.75) is 12.6 Å². The summed E-state index contributed by atoms with van der Waals surface area (Å²) in [6.07, 6.45) is 0.809. The van der Waals surface area contributed by atoms with Gasteiger partial charge < -0.3 is 19.5 Å². The van der Waals surface area contributed by atoms with Crippen LogP contribution in [-0.2, 0) is 6.42 Å². The molecule has 2 heterocycles. The first-order valence-corrected chi connectivity index (χ1v) is 7.89. The summed E-state index contributed by atoms with van der Waals surface area (Å²) in [5, 5.41) is 3.46. The minimum absolute atomic E-state index is 0.0938. The van der Waals surface area contributed by atoms with Gasteiger partial charge in [0, 0.05) is 17.8 Å². The van der Waals surface area contributed by atoms with Crippen LogP contribution in [0.15, 0.2) is 30.3 Å². The second kappa shape index (κ2) is 5.87. The summed E-state index contributed by atoms with van der Waals surface area (Å²) in [5.74, 6) is 1.83. The maximum atomic E-state index is 13.2. The van der Waals surface area contributed by atoms with Crippen LogP contribution in [0.3, 0.4) is 0 Å². The Bertz CT molecular complexity index is 764. The molecule has 0 radical (unpaired) electrons. The summed E-state index contributed by atoms with van der Waals surface area (Å²) in [6.45, 7) is 1.11. The van der Waals surface area contributed by atoms with Crippen LogP contribution >= 0.6 is 0 Å². The van der Waals surface area contributed by atoms with Gasteiger partial charge in [-0.25, -0.2) is 4.39 Å². The van der Waals surface area contributed by atoms with Crippen LogP contribution in [0.1, 0.15) is 17.3 Å². The van der Waals surface area contributed by atoms with Crippen LogP contribution in [0.2, 0.25) is 0 Å². The first kappa shape index (κ1) is 15.1. The number of ether oxygens (including phenoxy) is 3. The number of methoxy groups -OCH3 is 1. The molecule has 4 rings (SSSR count). The van der Waals surface area contributed by atoms with Crippen molar-refractivity contribution in [2.24, 2.45) is 0 Å². The second-order valence-corrected chi connectivity index (χ2v) is 6.00. The Kier molecular flexibility index (Phi) is 3.69. The minimum Gasteiger partial charge on any atom is -0.492 e. The Morgan fingerprint density at radius 3 is 2.79 bits per heavy atom. The van der Waals surface area contributed by atoms with E-state index in [-0.39, 0.29) is 18.8 Å². The van der Waals surface area contributed by atoms with Gasteiger partial charge in [0.25, 0.3) is 0 Å². The lowest BCUT2D eigenvalue weighted by molar-refractivity contribution is 0.170. The van der Waals surface area contributed by atoms with Crippen molar-refractivity contribution in [1.29, 1.82) is 0 Å². The highest BCUT2D eigenvalue weighted by Gasteiger charge is 2.33. The van der Waals surface area contributed by atoms with Crippen LogP contribution in [-0.4, -0.2) is 32.4 Å². The quantitative estimate of drug-likeness (QED) is 0.936. The van der Waals surface area contributed by atoms with Gasteiger partial charge in [0.05, 0.1) is 7.11 Å². The van der Waals surface area contributed by atoms with Gasteiger partial charge in [-0.05, 0) is 49.4 Å². The molecule has 0 saturated heterocycles. The second-order valence-electron chi connectivity index (χ2n) is 6.00. The average Bonchev–Trinajstić information content (AvgIpc) is 3.05. The number of fused-ring (bicyclic) bond motifs is 2. The Labute approximate surface area is 139 Å². The molecular formula is C18H19FN2O3. The van der Waals surface area contributed by atoms with Gasteiger partial charge in [-0.2, -0.15) is 0 Å². The van der Waals surface area contributed by atoms with Crippen molar-refractivity contribution in [2.75, 3.05) is 32.8 Å². The van der Waals surface area contributed by atoms with E-state index >= 15 is 0 Å². The van der Waals surface area contributed by atoms with Crippen molar-refractivity contribution >= 4 is 5.69 Å². The van der Waals surface area contributed by atoms with E-state index in [1.807, 2.05) is 13.1 Å². The zero-order valence-electron chi connectivity index (χ0n) is 13.6. The highest BCUT2D eigenvalue weighted by Crippen LogP contribution is 2.49. The third-order valence-electron chi connectivity index (χ3n) is 4.54. The van der Waals surface area contributed by atoms with Crippen LogP contribution in [0.5, 0.6) is 17.2 Å². The zero-order chi connectivity index (χ0) is 16.7. The summed E-state index contributed by atoms with van der Waals surface area (Å²) >= 11 is 0. The Hall–Kier alpha value is -2.47. The molecule has 6 heteroatoms. The summed E-state index contributed by atoms with van der Waals surface area (Å²) in [7, 11) is 3.69. The fraction of sp³-hybridized carbons (Fsp3) is 0.333. The monoisotopic (exact) mass is 330 g/mol. The predicted octanol–water partition coefficient (Wildman–Crippen LogP) is 3.16. The molecule has 0 aromatic heterocycles. The molecule has 0 spiro atoms. The molecule has 1 atom stereocenters. The highest BCUT2D eigenvalue weighted by atomic mass is 19.1.